The summed E-state index contributed by atoms with van der Waals surface area (Å²) in [6.45, 7) is 2.33. The highest BCUT2D eigenvalue weighted by atomic mass is 32.2. The molecular weight excluding hydrogens is 536 g/mol. The molecule has 1 amide bonds. The predicted octanol–water partition coefficient (Wildman–Crippen LogP) is 5.52. The molecule has 0 atom stereocenters. The second-order valence-corrected chi connectivity index (χ2v) is 10.0. The van der Waals surface area contributed by atoms with E-state index in [1.165, 1.54) is 18.0 Å². The third kappa shape index (κ3) is 6.64. The number of rotatable bonds is 10. The number of nitrogens with zero attached hydrogens (tertiary/aromatic N) is 3. The Kier molecular flexibility index (Phi) is 8.76. The van der Waals surface area contributed by atoms with Gasteiger partial charge in [0.2, 0.25) is 0 Å². The Bertz CT molecular complexity index is 1770. The number of methoxy groups -OCH3 is 1. The zero-order valence-electron chi connectivity index (χ0n) is 22.6. The number of fused-ring (bicyclic) bond motifs is 1. The van der Waals surface area contributed by atoms with E-state index >= 15 is 0 Å². The largest absolute Gasteiger partial charge is 0.493 e. The van der Waals surface area contributed by atoms with Gasteiger partial charge in [0.1, 0.15) is 6.61 Å². The van der Waals surface area contributed by atoms with Gasteiger partial charge in [-0.1, -0.05) is 72.4 Å². The fourth-order valence-corrected chi connectivity index (χ4v) is 5.00. The molecule has 5 rings (SSSR count). The molecule has 0 radical (unpaired) electrons. The molecule has 0 aliphatic heterocycles. The van der Waals surface area contributed by atoms with Gasteiger partial charge in [0.05, 0.1) is 35.7 Å². The summed E-state index contributed by atoms with van der Waals surface area (Å²) in [5.74, 6) is 0.848. The molecule has 41 heavy (non-hydrogen) atoms. The highest BCUT2D eigenvalue weighted by Gasteiger charge is 2.16. The molecule has 0 bridgehead atoms. The average molecular weight is 565 g/mol. The topological polar surface area (TPSA) is 94.8 Å². The molecule has 0 aliphatic carbocycles. The van der Waals surface area contributed by atoms with Crippen LogP contribution in [0.1, 0.15) is 16.7 Å². The van der Waals surface area contributed by atoms with Crippen molar-refractivity contribution in [2.75, 3.05) is 12.9 Å². The SMILES string of the molecule is COc1ccc(/C=N\NC(=O)CSc2nc3ccccc3c(=O)n2-c2ccccc2C)cc1OCc1ccccc1. The molecule has 1 N–H and O–H groups in total. The summed E-state index contributed by atoms with van der Waals surface area (Å²) >= 11 is 1.18. The van der Waals surface area contributed by atoms with Crippen molar-refractivity contribution in [3.8, 4) is 17.2 Å². The van der Waals surface area contributed by atoms with Gasteiger partial charge < -0.3 is 9.47 Å². The summed E-state index contributed by atoms with van der Waals surface area (Å²) in [7, 11) is 1.58. The first-order chi connectivity index (χ1) is 20.0. The highest BCUT2D eigenvalue weighted by Crippen LogP contribution is 2.28. The highest BCUT2D eigenvalue weighted by molar-refractivity contribution is 7.99. The maximum Gasteiger partial charge on any atom is 0.266 e. The van der Waals surface area contributed by atoms with Crippen molar-refractivity contribution in [1.82, 2.24) is 15.0 Å². The van der Waals surface area contributed by atoms with Crippen molar-refractivity contribution in [2.45, 2.75) is 18.7 Å². The van der Waals surface area contributed by atoms with Crippen LogP contribution in [-0.4, -0.2) is 34.5 Å². The van der Waals surface area contributed by atoms with Crippen LogP contribution in [0, 0.1) is 6.92 Å². The van der Waals surface area contributed by atoms with Gasteiger partial charge in [0.15, 0.2) is 16.7 Å². The van der Waals surface area contributed by atoms with Crippen molar-refractivity contribution < 1.29 is 14.3 Å². The van der Waals surface area contributed by atoms with Gasteiger partial charge in [0.25, 0.3) is 11.5 Å². The number of aromatic nitrogens is 2. The van der Waals surface area contributed by atoms with Gasteiger partial charge in [-0.3, -0.25) is 14.2 Å². The van der Waals surface area contributed by atoms with Gasteiger partial charge in [-0.05, 0) is 60.0 Å². The Morgan fingerprint density at radius 3 is 2.54 bits per heavy atom. The first-order valence-corrected chi connectivity index (χ1v) is 13.9. The van der Waals surface area contributed by atoms with Gasteiger partial charge in [-0.25, -0.2) is 10.4 Å². The number of hydrogen-bond acceptors (Lipinski definition) is 7. The van der Waals surface area contributed by atoms with Crippen LogP contribution in [0.5, 0.6) is 11.5 Å². The number of benzene rings is 4. The van der Waals surface area contributed by atoms with Gasteiger partial charge in [0, 0.05) is 0 Å². The Labute approximate surface area is 241 Å². The fraction of sp³-hybridized carbons (Fsp3) is 0.125. The molecule has 0 unspecified atom stereocenters. The van der Waals surface area contributed by atoms with Crippen molar-refractivity contribution in [3.63, 3.8) is 0 Å². The van der Waals surface area contributed by atoms with Crippen LogP contribution >= 0.6 is 11.8 Å². The lowest BCUT2D eigenvalue weighted by Gasteiger charge is -2.14. The quantitative estimate of drug-likeness (QED) is 0.104. The van der Waals surface area contributed by atoms with Crippen molar-refractivity contribution in [2.24, 2.45) is 5.10 Å². The third-order valence-corrected chi connectivity index (χ3v) is 7.20. The molecule has 9 heteroatoms. The van der Waals surface area contributed by atoms with Crippen molar-refractivity contribution >= 4 is 34.8 Å². The maximum absolute atomic E-state index is 13.4. The van der Waals surface area contributed by atoms with E-state index in [1.807, 2.05) is 79.7 Å². The number of nitrogens with one attached hydrogen (secondary N) is 1. The number of hydrazone groups is 1. The second-order valence-electron chi connectivity index (χ2n) is 9.11. The van der Waals surface area contributed by atoms with Gasteiger partial charge in [-0.15, -0.1) is 0 Å². The number of carbonyl (C=O) groups excluding carboxylic acids is 1. The van der Waals surface area contributed by atoms with E-state index in [2.05, 4.69) is 10.5 Å². The Balaban J connectivity index is 1.28. The molecule has 8 nitrogen and oxygen atoms in total. The Morgan fingerprint density at radius 2 is 1.73 bits per heavy atom. The standard InChI is InChI=1S/C32H28N4O4S/c1-22-10-6-9-15-27(22)36-31(38)25-13-7-8-14-26(25)34-32(36)41-21-30(37)35-33-19-24-16-17-28(39-2)29(18-24)40-20-23-11-4-3-5-12-23/h3-19H,20-21H2,1-2H3,(H,35,37)/b33-19-. The van der Waals surface area contributed by atoms with E-state index < -0.39 is 0 Å². The van der Waals surface area contributed by atoms with E-state index in [9.17, 15) is 9.59 Å². The lowest BCUT2D eigenvalue weighted by atomic mass is 10.2. The van der Waals surface area contributed by atoms with E-state index in [-0.39, 0.29) is 17.2 Å². The number of thioether (sulfide) groups is 1. The van der Waals surface area contributed by atoms with Crippen molar-refractivity contribution in [3.05, 3.63) is 124 Å². The summed E-state index contributed by atoms with van der Waals surface area (Å²) in [6, 6.07) is 30.0. The monoisotopic (exact) mass is 564 g/mol. The molecule has 206 valence electrons. The van der Waals surface area contributed by atoms with Crippen LogP contribution < -0.4 is 20.5 Å². The molecule has 0 saturated carbocycles. The minimum Gasteiger partial charge on any atom is -0.493 e. The minimum absolute atomic E-state index is 0.0159. The number of hydrogen-bond donors (Lipinski definition) is 1. The number of ether oxygens (including phenoxy) is 2. The maximum atomic E-state index is 13.4. The fourth-order valence-electron chi connectivity index (χ4n) is 4.20. The zero-order valence-corrected chi connectivity index (χ0v) is 23.4. The number of carbonyl (C=O) groups is 1. The molecule has 5 aromatic rings. The van der Waals surface area contributed by atoms with Crippen molar-refractivity contribution in [1.29, 1.82) is 0 Å². The molecule has 0 aliphatic rings. The van der Waals surface area contributed by atoms with E-state index in [0.717, 1.165) is 22.4 Å². The molecule has 1 heterocycles. The van der Waals surface area contributed by atoms with E-state index in [0.29, 0.717) is 34.2 Å². The summed E-state index contributed by atoms with van der Waals surface area (Å²) < 4.78 is 12.9. The second kappa shape index (κ2) is 13.0. The number of para-hydroxylation sites is 2. The lowest BCUT2D eigenvalue weighted by Crippen LogP contribution is -2.24. The van der Waals surface area contributed by atoms with Crippen LogP contribution in [0.2, 0.25) is 0 Å². The molecule has 4 aromatic carbocycles. The first kappa shape index (κ1) is 27.7. The smallest absolute Gasteiger partial charge is 0.266 e. The minimum atomic E-state index is -0.334. The van der Waals surface area contributed by atoms with Crippen LogP contribution in [0.4, 0.5) is 0 Å². The van der Waals surface area contributed by atoms with Gasteiger partial charge in [-0.2, -0.15) is 5.10 Å². The summed E-state index contributed by atoms with van der Waals surface area (Å²) in [5, 5.41) is 5.05. The predicted molar refractivity (Wildman–Crippen MR) is 162 cm³/mol. The van der Waals surface area contributed by atoms with Crippen LogP contribution in [-0.2, 0) is 11.4 Å². The summed E-state index contributed by atoms with van der Waals surface area (Å²) in [4.78, 5) is 30.8. The molecule has 0 saturated heterocycles. The molecule has 0 spiro atoms. The molecular formula is C32H28N4O4S. The van der Waals surface area contributed by atoms with Gasteiger partial charge >= 0.3 is 0 Å². The Hall–Kier alpha value is -4.89. The normalized spacial score (nSPS) is 11.1. The molecule has 1 aromatic heterocycles. The summed E-state index contributed by atoms with van der Waals surface area (Å²) in [5.41, 5.74) is 6.36. The Morgan fingerprint density at radius 1 is 0.976 bits per heavy atom. The number of aryl methyl sites for hydroxylation is 1. The van der Waals surface area contributed by atoms with E-state index in [1.54, 1.807) is 35.9 Å². The van der Waals surface area contributed by atoms with E-state index in [4.69, 9.17) is 14.5 Å². The first-order valence-electron chi connectivity index (χ1n) is 12.9. The number of amides is 1. The summed E-state index contributed by atoms with van der Waals surface area (Å²) in [6.07, 6.45) is 1.54. The third-order valence-electron chi connectivity index (χ3n) is 6.26. The lowest BCUT2D eigenvalue weighted by molar-refractivity contribution is -0.118. The van der Waals surface area contributed by atoms with Crippen LogP contribution in [0.25, 0.3) is 16.6 Å². The zero-order chi connectivity index (χ0) is 28.6. The van der Waals surface area contributed by atoms with Crippen LogP contribution in [0.3, 0.4) is 0 Å². The molecule has 0 fully saturated rings. The average Bonchev–Trinajstić information content (AvgIpc) is 3.00. The van der Waals surface area contributed by atoms with Crippen LogP contribution in [0.15, 0.2) is 112 Å².